The molecule has 1 aliphatic heterocycles. The molecule has 180 valence electrons. The third kappa shape index (κ3) is 6.31. The minimum atomic E-state index is -0.867. The number of nitrogens with one attached hydrogen (secondary N) is 2. The van der Waals surface area contributed by atoms with Gasteiger partial charge in [0.1, 0.15) is 18.6 Å². The molecule has 2 fully saturated rings. The average Bonchev–Trinajstić information content (AvgIpc) is 3.52. The zero-order valence-electron chi connectivity index (χ0n) is 19.3. The summed E-state index contributed by atoms with van der Waals surface area (Å²) in [5.41, 5.74) is 6.48. The van der Waals surface area contributed by atoms with E-state index < -0.39 is 36.0 Å². The van der Waals surface area contributed by atoms with Crippen molar-refractivity contribution in [2.24, 2.45) is 23.5 Å². The molecule has 9 heteroatoms. The molecular weight excluding hydrogens is 426 g/mol. The van der Waals surface area contributed by atoms with Gasteiger partial charge in [0.15, 0.2) is 6.10 Å². The Morgan fingerprint density at radius 2 is 1.91 bits per heavy atom. The number of cyclic esters (lactones) is 1. The normalized spacial score (nSPS) is 26.1. The first-order chi connectivity index (χ1) is 15.7. The number of ether oxygens (including phenoxy) is 2. The standard InChI is InChI=1S/C24H33N3O6/c1-4-13(2)19-20(33-24(19)31)22(29)26-17-10-16(17)11-18(27-21(28)14(3)25)23(30)32-12-15-8-6-5-7-9-15/h5-9,13-14,16-20H,4,10-12,25H2,1-3H3,(H,26,29)(H,27,28)/t13-,14-,16-,17-,18-,19-,20+/m0/s1. The SMILES string of the molecule is CC[C@H](C)[C@@H]1C(=O)O[C@H]1C(=O)N[C@H]1C[C@H]1C[C@H](NC(=O)[C@H](C)N)C(=O)OCc1ccccc1. The molecule has 0 bridgehead atoms. The molecule has 4 N–H and O–H groups in total. The molecule has 0 spiro atoms. The highest BCUT2D eigenvalue weighted by molar-refractivity contribution is 5.94. The van der Waals surface area contributed by atoms with Gasteiger partial charge in [-0.15, -0.1) is 0 Å². The maximum absolute atomic E-state index is 12.7. The Morgan fingerprint density at radius 3 is 2.52 bits per heavy atom. The summed E-state index contributed by atoms with van der Waals surface area (Å²) in [6, 6.07) is 7.47. The lowest BCUT2D eigenvalue weighted by molar-refractivity contribution is -0.193. The van der Waals surface area contributed by atoms with E-state index in [1.165, 1.54) is 6.92 Å². The number of amides is 2. The van der Waals surface area contributed by atoms with Gasteiger partial charge in [-0.2, -0.15) is 0 Å². The van der Waals surface area contributed by atoms with Crippen LogP contribution in [0, 0.1) is 17.8 Å². The molecule has 1 saturated heterocycles. The highest BCUT2D eigenvalue weighted by Gasteiger charge is 2.51. The summed E-state index contributed by atoms with van der Waals surface area (Å²) >= 11 is 0. The van der Waals surface area contributed by atoms with Crippen LogP contribution in [0.1, 0.15) is 45.6 Å². The molecule has 3 rings (SSSR count). The molecule has 2 aliphatic rings. The second-order valence-corrected chi connectivity index (χ2v) is 9.06. The van der Waals surface area contributed by atoms with E-state index in [0.717, 1.165) is 12.0 Å². The molecule has 1 heterocycles. The fourth-order valence-corrected chi connectivity index (χ4v) is 3.93. The average molecular weight is 460 g/mol. The lowest BCUT2D eigenvalue weighted by Gasteiger charge is -2.37. The summed E-state index contributed by atoms with van der Waals surface area (Å²) in [6.45, 7) is 5.53. The van der Waals surface area contributed by atoms with Crippen molar-refractivity contribution in [1.29, 1.82) is 0 Å². The molecule has 1 aromatic carbocycles. The van der Waals surface area contributed by atoms with Gasteiger partial charge in [0.25, 0.3) is 5.91 Å². The van der Waals surface area contributed by atoms with Gasteiger partial charge in [0, 0.05) is 6.04 Å². The van der Waals surface area contributed by atoms with Crippen LogP contribution in [-0.4, -0.2) is 48.0 Å². The summed E-state index contributed by atoms with van der Waals surface area (Å²) in [7, 11) is 0. The van der Waals surface area contributed by atoms with Crippen molar-refractivity contribution in [2.45, 2.75) is 70.9 Å². The minimum Gasteiger partial charge on any atom is -0.459 e. The Morgan fingerprint density at radius 1 is 1.21 bits per heavy atom. The molecule has 1 saturated carbocycles. The van der Waals surface area contributed by atoms with Gasteiger partial charge in [-0.25, -0.2) is 4.79 Å². The topological polar surface area (TPSA) is 137 Å². The smallest absolute Gasteiger partial charge is 0.328 e. The molecule has 1 aromatic rings. The van der Waals surface area contributed by atoms with Crippen molar-refractivity contribution in [3.8, 4) is 0 Å². The quantitative estimate of drug-likeness (QED) is 0.421. The third-order valence-electron chi connectivity index (χ3n) is 6.38. The Balaban J connectivity index is 1.53. The van der Waals surface area contributed by atoms with Gasteiger partial charge < -0.3 is 25.8 Å². The first-order valence-corrected chi connectivity index (χ1v) is 11.5. The van der Waals surface area contributed by atoms with Gasteiger partial charge in [0.2, 0.25) is 5.91 Å². The van der Waals surface area contributed by atoms with E-state index in [-0.39, 0.29) is 36.4 Å². The van der Waals surface area contributed by atoms with Crippen molar-refractivity contribution in [3.05, 3.63) is 35.9 Å². The molecule has 2 amide bonds. The number of carbonyl (C=O) groups excluding carboxylic acids is 4. The van der Waals surface area contributed by atoms with Crippen LogP contribution < -0.4 is 16.4 Å². The molecule has 9 nitrogen and oxygen atoms in total. The van der Waals surface area contributed by atoms with Crippen molar-refractivity contribution >= 4 is 23.8 Å². The maximum atomic E-state index is 12.7. The second-order valence-electron chi connectivity index (χ2n) is 9.06. The number of nitrogens with two attached hydrogens (primary N) is 1. The van der Waals surface area contributed by atoms with Crippen LogP contribution in [-0.2, 0) is 35.3 Å². The summed E-state index contributed by atoms with van der Waals surface area (Å²) < 4.78 is 10.5. The molecule has 0 aromatic heterocycles. The Hall–Kier alpha value is -2.94. The zero-order valence-corrected chi connectivity index (χ0v) is 19.3. The fourth-order valence-electron chi connectivity index (χ4n) is 3.93. The predicted molar refractivity (Wildman–Crippen MR) is 119 cm³/mol. The van der Waals surface area contributed by atoms with Gasteiger partial charge in [-0.1, -0.05) is 50.6 Å². The number of hydrogen-bond donors (Lipinski definition) is 3. The van der Waals surface area contributed by atoms with Crippen LogP contribution in [0.5, 0.6) is 0 Å². The van der Waals surface area contributed by atoms with Gasteiger partial charge in [-0.05, 0) is 37.2 Å². The first-order valence-electron chi connectivity index (χ1n) is 11.5. The monoisotopic (exact) mass is 459 g/mol. The van der Waals surface area contributed by atoms with Crippen molar-refractivity contribution in [3.63, 3.8) is 0 Å². The van der Waals surface area contributed by atoms with Crippen molar-refractivity contribution in [2.75, 3.05) is 0 Å². The number of carbonyl (C=O) groups is 4. The molecular formula is C24H33N3O6. The Bertz CT molecular complexity index is 874. The Labute approximate surface area is 193 Å². The van der Waals surface area contributed by atoms with Crippen LogP contribution in [0.4, 0.5) is 0 Å². The molecule has 0 unspecified atom stereocenters. The van der Waals surface area contributed by atoms with Crippen LogP contribution in [0.2, 0.25) is 0 Å². The minimum absolute atomic E-state index is 0.00516. The van der Waals surface area contributed by atoms with E-state index in [1.54, 1.807) is 0 Å². The lowest BCUT2D eigenvalue weighted by Crippen LogP contribution is -2.56. The van der Waals surface area contributed by atoms with Crippen LogP contribution in [0.25, 0.3) is 0 Å². The predicted octanol–water partition coefficient (Wildman–Crippen LogP) is 1.04. The molecule has 1 aliphatic carbocycles. The molecule has 33 heavy (non-hydrogen) atoms. The van der Waals surface area contributed by atoms with E-state index in [2.05, 4.69) is 10.6 Å². The number of hydrogen-bond acceptors (Lipinski definition) is 7. The highest BCUT2D eigenvalue weighted by Crippen LogP contribution is 2.37. The number of esters is 2. The van der Waals surface area contributed by atoms with Gasteiger partial charge in [-0.3, -0.25) is 14.4 Å². The largest absolute Gasteiger partial charge is 0.459 e. The summed E-state index contributed by atoms with van der Waals surface area (Å²) in [5, 5.41) is 5.57. The van der Waals surface area contributed by atoms with E-state index >= 15 is 0 Å². The fraction of sp³-hybridized carbons (Fsp3) is 0.583. The van der Waals surface area contributed by atoms with Gasteiger partial charge >= 0.3 is 11.9 Å². The summed E-state index contributed by atoms with van der Waals surface area (Å²) in [5.74, 6) is -2.00. The highest BCUT2D eigenvalue weighted by atomic mass is 16.6. The van der Waals surface area contributed by atoms with E-state index in [0.29, 0.717) is 12.8 Å². The van der Waals surface area contributed by atoms with Crippen LogP contribution >= 0.6 is 0 Å². The van der Waals surface area contributed by atoms with E-state index in [9.17, 15) is 19.2 Å². The first kappa shape index (κ1) is 24.7. The van der Waals surface area contributed by atoms with E-state index in [4.69, 9.17) is 15.2 Å². The lowest BCUT2D eigenvalue weighted by atomic mass is 9.83. The van der Waals surface area contributed by atoms with E-state index in [1.807, 2.05) is 44.2 Å². The van der Waals surface area contributed by atoms with Crippen molar-refractivity contribution < 1.29 is 28.7 Å². The third-order valence-corrected chi connectivity index (χ3v) is 6.38. The van der Waals surface area contributed by atoms with Crippen LogP contribution in [0.3, 0.4) is 0 Å². The van der Waals surface area contributed by atoms with Gasteiger partial charge in [0.05, 0.1) is 6.04 Å². The van der Waals surface area contributed by atoms with Crippen molar-refractivity contribution in [1.82, 2.24) is 10.6 Å². The van der Waals surface area contributed by atoms with Crippen LogP contribution in [0.15, 0.2) is 30.3 Å². The summed E-state index contributed by atoms with van der Waals surface area (Å²) in [4.78, 5) is 49.1. The summed E-state index contributed by atoms with van der Waals surface area (Å²) in [6.07, 6.45) is 0.993. The molecule has 7 atom stereocenters. The zero-order chi connectivity index (χ0) is 24.1. The number of rotatable bonds is 11. The maximum Gasteiger partial charge on any atom is 0.328 e. The number of benzene rings is 1. The molecule has 0 radical (unpaired) electrons. The Kier molecular flexibility index (Phi) is 8.07. The second kappa shape index (κ2) is 10.8.